The van der Waals surface area contributed by atoms with Crippen LogP contribution in [0, 0.1) is 0 Å². The molecule has 0 atom stereocenters. The molecule has 12 rings (SSSR count). The second kappa shape index (κ2) is 12.2. The first-order valence-electron chi connectivity index (χ1n) is 21.3. The van der Waals surface area contributed by atoms with Gasteiger partial charge in [-0.3, -0.25) is 0 Å². The highest BCUT2D eigenvalue weighted by atomic mass is 16.3. The summed E-state index contributed by atoms with van der Waals surface area (Å²) in [6.45, 7) is 14.1. The minimum absolute atomic E-state index is 0.0396. The molecule has 0 N–H and O–H groups in total. The highest BCUT2D eigenvalue weighted by Gasteiger charge is 2.38. The summed E-state index contributed by atoms with van der Waals surface area (Å²) in [7, 11) is 0. The number of fused-ring (bicyclic) bond motifs is 12. The third-order valence-corrected chi connectivity index (χ3v) is 14.2. The van der Waals surface area contributed by atoms with E-state index in [0.717, 1.165) is 51.5 Å². The van der Waals surface area contributed by atoms with Crippen molar-refractivity contribution in [2.45, 2.75) is 70.6 Å². The fourth-order valence-electron chi connectivity index (χ4n) is 10.6. The van der Waals surface area contributed by atoms with Crippen molar-refractivity contribution in [2.24, 2.45) is 0 Å². The van der Waals surface area contributed by atoms with Crippen LogP contribution in [0.4, 0.5) is 0 Å². The molecule has 0 radical (unpaired) electrons. The van der Waals surface area contributed by atoms with E-state index in [1.165, 1.54) is 65.7 Å². The van der Waals surface area contributed by atoms with Gasteiger partial charge < -0.3 is 4.42 Å². The van der Waals surface area contributed by atoms with Gasteiger partial charge in [0.25, 0.3) is 0 Å². The third kappa shape index (κ3) is 5.06. The van der Waals surface area contributed by atoms with Gasteiger partial charge >= 0.3 is 0 Å². The second-order valence-electron chi connectivity index (χ2n) is 19.1. The molecule has 0 saturated heterocycles. The number of benzene rings is 8. The first-order chi connectivity index (χ1) is 28.9. The fourth-order valence-corrected chi connectivity index (χ4v) is 10.6. The monoisotopic (exact) mass is 775 g/mol. The standard InChI is InChI=1S/C56H45N3O/c1-54(2)26-27-55(3,4)47-29-35(22-25-45(47)54)52-57-51(34-19-18-33-21-23-37-36-13-8-7-12-32(36)20-24-38(37)41(33)28-34)58-53(59-52)40-15-11-17-48-50(40)43-30-42-39-14-9-10-16-44(39)56(5,6)46(42)31-49(43)60-48/h7-25,28-31H,26-27H2,1-6H3. The van der Waals surface area contributed by atoms with Crippen LogP contribution in [0.25, 0.3) is 99.5 Å². The minimum Gasteiger partial charge on any atom is -0.456 e. The smallest absolute Gasteiger partial charge is 0.164 e. The van der Waals surface area contributed by atoms with E-state index in [1.54, 1.807) is 0 Å². The zero-order valence-corrected chi connectivity index (χ0v) is 34.9. The first-order valence-corrected chi connectivity index (χ1v) is 21.3. The van der Waals surface area contributed by atoms with Crippen molar-refractivity contribution in [1.82, 2.24) is 15.0 Å². The highest BCUT2D eigenvalue weighted by Crippen LogP contribution is 2.52. The normalized spacial score (nSPS) is 16.1. The number of nitrogens with zero attached hydrogens (tertiary/aromatic N) is 3. The Balaban J connectivity index is 1.11. The van der Waals surface area contributed by atoms with Crippen LogP contribution in [-0.2, 0) is 16.2 Å². The predicted octanol–water partition coefficient (Wildman–Crippen LogP) is 14.9. The van der Waals surface area contributed by atoms with E-state index in [-0.39, 0.29) is 16.2 Å². The van der Waals surface area contributed by atoms with Gasteiger partial charge in [-0.1, -0.05) is 151 Å². The molecule has 4 nitrogen and oxygen atoms in total. The molecular weight excluding hydrogens is 731 g/mol. The van der Waals surface area contributed by atoms with Crippen LogP contribution in [0.5, 0.6) is 0 Å². The Hall–Kier alpha value is -6.65. The molecule has 10 aromatic rings. The van der Waals surface area contributed by atoms with E-state index < -0.39 is 0 Å². The highest BCUT2D eigenvalue weighted by molar-refractivity contribution is 6.18. The SMILES string of the molecule is CC1(C)CCC(C)(C)c2cc(-c3nc(-c4ccc5ccc6c7ccccc7ccc6c5c4)nc(-c4cccc5oc6cc7c(cc6c45)-c4ccccc4C7(C)C)n3)ccc21. The minimum atomic E-state index is -0.128. The molecule has 0 amide bonds. The van der Waals surface area contributed by atoms with Gasteiger partial charge in [-0.15, -0.1) is 0 Å². The summed E-state index contributed by atoms with van der Waals surface area (Å²) in [6.07, 6.45) is 2.29. The zero-order valence-electron chi connectivity index (χ0n) is 34.9. The van der Waals surface area contributed by atoms with Crippen molar-refractivity contribution in [2.75, 3.05) is 0 Å². The lowest BCUT2D eigenvalue weighted by atomic mass is 9.63. The van der Waals surface area contributed by atoms with Crippen LogP contribution < -0.4 is 0 Å². The molecule has 0 unspecified atom stereocenters. The Morgan fingerprint density at radius 2 is 1.03 bits per heavy atom. The first kappa shape index (κ1) is 35.3. The van der Waals surface area contributed by atoms with E-state index in [1.807, 2.05) is 0 Å². The molecule has 8 aromatic carbocycles. The number of furan rings is 1. The van der Waals surface area contributed by atoms with Crippen LogP contribution >= 0.6 is 0 Å². The van der Waals surface area contributed by atoms with Gasteiger partial charge in [-0.2, -0.15) is 0 Å². The van der Waals surface area contributed by atoms with E-state index >= 15 is 0 Å². The molecule has 2 aliphatic rings. The average Bonchev–Trinajstić information content (AvgIpc) is 3.75. The van der Waals surface area contributed by atoms with E-state index in [4.69, 9.17) is 19.4 Å². The molecule has 0 spiro atoms. The summed E-state index contributed by atoms with van der Waals surface area (Å²) < 4.78 is 6.71. The van der Waals surface area contributed by atoms with Crippen LogP contribution in [0.1, 0.15) is 76.6 Å². The van der Waals surface area contributed by atoms with Crippen LogP contribution in [0.3, 0.4) is 0 Å². The lowest BCUT2D eigenvalue weighted by molar-refractivity contribution is 0.332. The van der Waals surface area contributed by atoms with Crippen molar-refractivity contribution >= 4 is 54.3 Å². The summed E-state index contributed by atoms with van der Waals surface area (Å²) in [6, 6.07) is 50.8. The van der Waals surface area contributed by atoms with Gasteiger partial charge in [-0.05, 0) is 120 Å². The summed E-state index contributed by atoms with van der Waals surface area (Å²) >= 11 is 0. The summed E-state index contributed by atoms with van der Waals surface area (Å²) in [5.41, 5.74) is 12.6. The van der Waals surface area contributed by atoms with E-state index in [2.05, 4.69) is 181 Å². The van der Waals surface area contributed by atoms with E-state index in [9.17, 15) is 0 Å². The summed E-state index contributed by atoms with van der Waals surface area (Å²) in [5, 5.41) is 9.40. The summed E-state index contributed by atoms with van der Waals surface area (Å²) in [4.78, 5) is 16.1. The molecule has 60 heavy (non-hydrogen) atoms. The molecule has 4 heteroatoms. The lowest BCUT2D eigenvalue weighted by Gasteiger charge is -2.42. The van der Waals surface area contributed by atoms with Crippen LogP contribution in [0.15, 0.2) is 144 Å². The molecule has 0 fully saturated rings. The fraction of sp³-hybridized carbons (Fsp3) is 0.196. The van der Waals surface area contributed by atoms with Crippen molar-refractivity contribution < 1.29 is 4.42 Å². The van der Waals surface area contributed by atoms with Gasteiger partial charge in [0.05, 0.1) is 0 Å². The van der Waals surface area contributed by atoms with Gasteiger partial charge in [0.1, 0.15) is 11.2 Å². The molecule has 2 aromatic heterocycles. The van der Waals surface area contributed by atoms with Crippen LogP contribution in [0.2, 0.25) is 0 Å². The number of rotatable bonds is 3. The maximum Gasteiger partial charge on any atom is 0.164 e. The Bertz CT molecular complexity index is 3480. The topological polar surface area (TPSA) is 51.8 Å². The Morgan fingerprint density at radius 1 is 0.400 bits per heavy atom. The molecule has 2 aliphatic carbocycles. The summed E-state index contributed by atoms with van der Waals surface area (Å²) in [5.74, 6) is 1.95. The van der Waals surface area contributed by atoms with Crippen molar-refractivity contribution in [3.8, 4) is 45.3 Å². The largest absolute Gasteiger partial charge is 0.456 e. The average molecular weight is 776 g/mol. The Kier molecular flexibility index (Phi) is 7.18. The molecule has 0 saturated carbocycles. The van der Waals surface area contributed by atoms with Gasteiger partial charge in [0.15, 0.2) is 17.5 Å². The maximum absolute atomic E-state index is 6.71. The van der Waals surface area contributed by atoms with Crippen LogP contribution in [-0.4, -0.2) is 15.0 Å². The molecular formula is C56H45N3O. The zero-order chi connectivity index (χ0) is 40.7. The quantitative estimate of drug-likeness (QED) is 0.168. The molecule has 0 bridgehead atoms. The molecule has 0 aliphatic heterocycles. The van der Waals surface area contributed by atoms with Crippen molar-refractivity contribution in [3.05, 3.63) is 162 Å². The predicted molar refractivity (Wildman–Crippen MR) is 249 cm³/mol. The third-order valence-electron chi connectivity index (χ3n) is 14.2. The number of aromatic nitrogens is 3. The van der Waals surface area contributed by atoms with E-state index in [0.29, 0.717) is 17.5 Å². The van der Waals surface area contributed by atoms with Crippen molar-refractivity contribution in [1.29, 1.82) is 0 Å². The number of hydrogen-bond donors (Lipinski definition) is 0. The maximum atomic E-state index is 6.71. The Morgan fingerprint density at radius 3 is 1.85 bits per heavy atom. The Labute approximate surface area is 350 Å². The lowest BCUT2D eigenvalue weighted by Crippen LogP contribution is -2.33. The second-order valence-corrected chi connectivity index (χ2v) is 19.1. The van der Waals surface area contributed by atoms with Gasteiger partial charge in [0, 0.05) is 32.9 Å². The molecule has 290 valence electrons. The van der Waals surface area contributed by atoms with Gasteiger partial charge in [0.2, 0.25) is 0 Å². The molecule has 2 heterocycles. The van der Waals surface area contributed by atoms with Gasteiger partial charge in [-0.25, -0.2) is 15.0 Å². The van der Waals surface area contributed by atoms with Crippen molar-refractivity contribution in [3.63, 3.8) is 0 Å². The number of hydrogen-bond acceptors (Lipinski definition) is 4.